The van der Waals surface area contributed by atoms with Crippen molar-refractivity contribution in [3.63, 3.8) is 0 Å². The molecule has 0 aromatic carbocycles. The van der Waals surface area contributed by atoms with E-state index in [1.165, 1.54) is 0 Å². The van der Waals surface area contributed by atoms with E-state index in [0.29, 0.717) is 11.7 Å². The van der Waals surface area contributed by atoms with Crippen LogP contribution in [0, 0.1) is 11.8 Å². The largest absolute Gasteiger partial charge is 0.299 e. The lowest BCUT2D eigenvalue weighted by atomic mass is 10.00. The average Bonchev–Trinajstić information content (AvgIpc) is 1.82. The maximum atomic E-state index is 11.0. The number of rotatable bonds is 4. The van der Waals surface area contributed by atoms with Gasteiger partial charge in [-0.15, -0.1) is 0 Å². The summed E-state index contributed by atoms with van der Waals surface area (Å²) in [5.74, 6) is 1.27. The van der Waals surface area contributed by atoms with Crippen molar-refractivity contribution in [3.05, 3.63) is 0 Å². The third kappa shape index (κ3) is 7.57. The molecular formula is C10H22O. The van der Waals surface area contributed by atoms with E-state index in [1.807, 2.05) is 13.8 Å². The van der Waals surface area contributed by atoms with Crippen LogP contribution in [0.3, 0.4) is 0 Å². The first-order valence-corrected chi connectivity index (χ1v) is 4.06. The summed E-state index contributed by atoms with van der Waals surface area (Å²) in [6.45, 7) is 8.21. The summed E-state index contributed by atoms with van der Waals surface area (Å²) in [5.41, 5.74) is 0. The summed E-state index contributed by atoms with van der Waals surface area (Å²) in [4.78, 5) is 11.0. The van der Waals surface area contributed by atoms with Crippen LogP contribution >= 0.6 is 0 Å². The monoisotopic (exact) mass is 158 g/mol. The van der Waals surface area contributed by atoms with Crippen molar-refractivity contribution in [1.82, 2.24) is 0 Å². The molecule has 1 nitrogen and oxygen atoms in total. The molecule has 0 amide bonds. The van der Waals surface area contributed by atoms with Gasteiger partial charge in [0.05, 0.1) is 0 Å². The number of hydrogen-bond acceptors (Lipinski definition) is 1. The number of carbonyl (C=O) groups excluding carboxylic acids is 1. The molecular weight excluding hydrogens is 136 g/mol. The average molecular weight is 158 g/mol. The van der Waals surface area contributed by atoms with Crippen LogP contribution in [0.15, 0.2) is 0 Å². The molecule has 0 aliphatic carbocycles. The molecule has 0 N–H and O–H groups in total. The van der Waals surface area contributed by atoms with Gasteiger partial charge in [0.1, 0.15) is 5.78 Å². The van der Waals surface area contributed by atoms with E-state index >= 15 is 0 Å². The lowest BCUT2D eigenvalue weighted by Gasteiger charge is -2.05. The Morgan fingerprint density at radius 3 is 1.91 bits per heavy atom. The number of hydrogen-bond donors (Lipinski definition) is 0. The Bertz CT molecular complexity index is 103. The molecule has 68 valence electrons. The van der Waals surface area contributed by atoms with Gasteiger partial charge in [-0.3, -0.25) is 4.79 Å². The fourth-order valence-corrected chi connectivity index (χ4v) is 0.720. The predicted octanol–water partition coefficient (Wildman–Crippen LogP) is 3.28. The zero-order chi connectivity index (χ0) is 8.15. The minimum absolute atomic E-state index is 0. The molecule has 0 unspecified atom stereocenters. The third-order valence-electron chi connectivity index (χ3n) is 1.61. The predicted molar refractivity (Wildman–Crippen MR) is 50.6 cm³/mol. The van der Waals surface area contributed by atoms with Crippen LogP contribution < -0.4 is 0 Å². The maximum Gasteiger partial charge on any atom is 0.135 e. The van der Waals surface area contributed by atoms with Crippen LogP contribution in [-0.2, 0) is 4.79 Å². The van der Waals surface area contributed by atoms with Gasteiger partial charge in [-0.05, 0) is 12.3 Å². The van der Waals surface area contributed by atoms with E-state index in [-0.39, 0.29) is 13.3 Å². The number of Topliss-reactive ketones (excluding diaryl/α,β-unsaturated/α-hetero) is 1. The summed E-state index contributed by atoms with van der Waals surface area (Å²) >= 11 is 0. The lowest BCUT2D eigenvalue weighted by molar-refractivity contribution is -0.122. The molecule has 0 spiro atoms. The van der Waals surface area contributed by atoms with E-state index in [2.05, 4.69) is 13.8 Å². The van der Waals surface area contributed by atoms with E-state index in [0.717, 1.165) is 12.8 Å². The van der Waals surface area contributed by atoms with Crippen LogP contribution in [0.4, 0.5) is 0 Å². The van der Waals surface area contributed by atoms with Gasteiger partial charge in [-0.2, -0.15) is 0 Å². The van der Waals surface area contributed by atoms with E-state index in [4.69, 9.17) is 0 Å². The third-order valence-corrected chi connectivity index (χ3v) is 1.61. The van der Waals surface area contributed by atoms with Crippen molar-refractivity contribution in [2.24, 2.45) is 11.8 Å². The first-order chi connectivity index (χ1) is 4.54. The summed E-state index contributed by atoms with van der Waals surface area (Å²) in [5, 5.41) is 0. The second kappa shape index (κ2) is 6.38. The van der Waals surface area contributed by atoms with Gasteiger partial charge < -0.3 is 0 Å². The Labute approximate surface area is 71.2 Å². The molecule has 0 radical (unpaired) electrons. The van der Waals surface area contributed by atoms with E-state index in [1.54, 1.807) is 0 Å². The maximum absolute atomic E-state index is 11.0. The molecule has 0 fully saturated rings. The summed E-state index contributed by atoms with van der Waals surface area (Å²) in [6.07, 6.45) is 1.80. The molecule has 0 aliphatic heterocycles. The van der Waals surface area contributed by atoms with Gasteiger partial charge in [-0.25, -0.2) is 0 Å². The van der Waals surface area contributed by atoms with E-state index < -0.39 is 0 Å². The number of ketones is 1. The fraction of sp³-hybridized carbons (Fsp3) is 0.900. The van der Waals surface area contributed by atoms with Crippen molar-refractivity contribution >= 4 is 5.78 Å². The Hall–Kier alpha value is -0.330. The van der Waals surface area contributed by atoms with Gasteiger partial charge in [0.25, 0.3) is 0 Å². The van der Waals surface area contributed by atoms with Crippen LogP contribution in [0.1, 0.15) is 48.0 Å². The Morgan fingerprint density at radius 2 is 1.64 bits per heavy atom. The first-order valence-electron chi connectivity index (χ1n) is 4.06. The number of carbonyl (C=O) groups is 1. The SMILES string of the molecule is C.CC(C)CCC(=O)C(C)C. The molecule has 11 heavy (non-hydrogen) atoms. The Balaban J connectivity index is 0. The van der Waals surface area contributed by atoms with Crippen LogP contribution in [0.25, 0.3) is 0 Å². The van der Waals surface area contributed by atoms with Gasteiger partial charge in [-0.1, -0.05) is 35.1 Å². The van der Waals surface area contributed by atoms with Gasteiger partial charge >= 0.3 is 0 Å². The Kier molecular flexibility index (Phi) is 7.70. The highest BCUT2D eigenvalue weighted by Gasteiger charge is 2.06. The molecule has 0 atom stereocenters. The lowest BCUT2D eigenvalue weighted by Crippen LogP contribution is -2.07. The first kappa shape index (κ1) is 13.3. The topological polar surface area (TPSA) is 17.1 Å². The van der Waals surface area contributed by atoms with Crippen LogP contribution in [0.5, 0.6) is 0 Å². The molecule has 0 bridgehead atoms. The van der Waals surface area contributed by atoms with Crippen molar-refractivity contribution in [2.45, 2.75) is 48.0 Å². The minimum Gasteiger partial charge on any atom is -0.299 e. The molecule has 0 saturated heterocycles. The molecule has 0 aromatic rings. The van der Waals surface area contributed by atoms with Crippen molar-refractivity contribution in [3.8, 4) is 0 Å². The highest BCUT2D eigenvalue weighted by Crippen LogP contribution is 2.07. The second-order valence-electron chi connectivity index (χ2n) is 3.55. The zero-order valence-electron chi connectivity index (χ0n) is 7.48. The van der Waals surface area contributed by atoms with Gasteiger partial charge in [0.2, 0.25) is 0 Å². The van der Waals surface area contributed by atoms with Crippen molar-refractivity contribution < 1.29 is 4.79 Å². The molecule has 1 heteroatoms. The highest BCUT2D eigenvalue weighted by molar-refractivity contribution is 5.80. The summed E-state index contributed by atoms with van der Waals surface area (Å²) in [7, 11) is 0. The Morgan fingerprint density at radius 1 is 1.18 bits per heavy atom. The van der Waals surface area contributed by atoms with Crippen LogP contribution in [-0.4, -0.2) is 5.78 Å². The highest BCUT2D eigenvalue weighted by atomic mass is 16.1. The summed E-state index contributed by atoms with van der Waals surface area (Å²) < 4.78 is 0. The molecule has 0 heterocycles. The smallest absolute Gasteiger partial charge is 0.135 e. The fourth-order valence-electron chi connectivity index (χ4n) is 0.720. The van der Waals surface area contributed by atoms with Crippen molar-refractivity contribution in [1.29, 1.82) is 0 Å². The standard InChI is InChI=1S/C9H18O.CH4/c1-7(2)5-6-9(10)8(3)4;/h7-8H,5-6H2,1-4H3;1H4. The van der Waals surface area contributed by atoms with Gasteiger partial charge in [0, 0.05) is 12.3 Å². The molecule has 0 aromatic heterocycles. The minimum atomic E-state index is 0. The van der Waals surface area contributed by atoms with Crippen molar-refractivity contribution in [2.75, 3.05) is 0 Å². The molecule has 0 rings (SSSR count). The molecule has 0 saturated carbocycles. The second-order valence-corrected chi connectivity index (χ2v) is 3.55. The normalized spacial score (nSPS) is 10.0. The quantitative estimate of drug-likeness (QED) is 0.613. The van der Waals surface area contributed by atoms with Gasteiger partial charge in [0.15, 0.2) is 0 Å². The van der Waals surface area contributed by atoms with E-state index in [9.17, 15) is 4.79 Å². The summed E-state index contributed by atoms with van der Waals surface area (Å²) in [6, 6.07) is 0. The van der Waals surface area contributed by atoms with Crippen LogP contribution in [0.2, 0.25) is 0 Å². The molecule has 0 aliphatic rings. The zero-order valence-corrected chi connectivity index (χ0v) is 7.48.